The Hall–Kier alpha value is -1.31. The molecule has 1 nitrogen and oxygen atoms in total. The van der Waals surface area contributed by atoms with Crippen LogP contribution in [0.15, 0.2) is 48.5 Å². The summed E-state index contributed by atoms with van der Waals surface area (Å²) in [6.07, 6.45) is 1.09. The van der Waals surface area contributed by atoms with Gasteiger partial charge >= 0.3 is 0 Å². The molecule has 0 unspecified atom stereocenters. The van der Waals surface area contributed by atoms with Gasteiger partial charge in [-0.2, -0.15) is 0 Å². The molecule has 0 fully saturated rings. The SMILES string of the molecule is CCc1ccc(-c2ccc(CN)cc2)cc1.Cl. The second kappa shape index (κ2) is 6.43. The molecule has 2 rings (SSSR count). The highest BCUT2D eigenvalue weighted by Crippen LogP contribution is 2.20. The molecule has 90 valence electrons. The molecule has 2 heteroatoms. The van der Waals surface area contributed by atoms with Crippen LogP contribution in [0.5, 0.6) is 0 Å². The number of hydrogen-bond donors (Lipinski definition) is 1. The van der Waals surface area contributed by atoms with Crippen LogP contribution in [0.3, 0.4) is 0 Å². The van der Waals surface area contributed by atoms with E-state index < -0.39 is 0 Å². The lowest BCUT2D eigenvalue weighted by Crippen LogP contribution is -1.95. The van der Waals surface area contributed by atoms with Gasteiger partial charge < -0.3 is 5.73 Å². The largest absolute Gasteiger partial charge is 0.326 e. The van der Waals surface area contributed by atoms with E-state index in [2.05, 4.69) is 55.5 Å². The van der Waals surface area contributed by atoms with E-state index in [0.29, 0.717) is 6.54 Å². The number of benzene rings is 2. The summed E-state index contributed by atoms with van der Waals surface area (Å²) in [7, 11) is 0. The molecule has 2 aromatic carbocycles. The van der Waals surface area contributed by atoms with Gasteiger partial charge in [-0.15, -0.1) is 12.4 Å². The fraction of sp³-hybridized carbons (Fsp3) is 0.200. The minimum Gasteiger partial charge on any atom is -0.326 e. The fourth-order valence-electron chi connectivity index (χ4n) is 1.77. The lowest BCUT2D eigenvalue weighted by atomic mass is 10.0. The quantitative estimate of drug-likeness (QED) is 0.877. The molecule has 0 amide bonds. The molecule has 2 N–H and O–H groups in total. The van der Waals surface area contributed by atoms with Crippen molar-refractivity contribution in [3.05, 3.63) is 59.7 Å². The van der Waals surface area contributed by atoms with E-state index in [1.165, 1.54) is 22.3 Å². The topological polar surface area (TPSA) is 26.0 Å². The summed E-state index contributed by atoms with van der Waals surface area (Å²) < 4.78 is 0. The van der Waals surface area contributed by atoms with Crippen molar-refractivity contribution in [2.75, 3.05) is 0 Å². The van der Waals surface area contributed by atoms with Gasteiger partial charge in [0.05, 0.1) is 0 Å². The molecule has 17 heavy (non-hydrogen) atoms. The maximum Gasteiger partial charge on any atom is 0.0178 e. The van der Waals surface area contributed by atoms with Gasteiger partial charge in [0, 0.05) is 6.54 Å². The van der Waals surface area contributed by atoms with Crippen LogP contribution < -0.4 is 5.73 Å². The molecule has 0 aliphatic heterocycles. The molecule has 0 saturated heterocycles. The molecule has 0 aliphatic carbocycles. The summed E-state index contributed by atoms with van der Waals surface area (Å²) in [6, 6.07) is 17.2. The highest BCUT2D eigenvalue weighted by atomic mass is 35.5. The van der Waals surface area contributed by atoms with E-state index in [1.807, 2.05) is 0 Å². The van der Waals surface area contributed by atoms with E-state index in [9.17, 15) is 0 Å². The average molecular weight is 248 g/mol. The van der Waals surface area contributed by atoms with Crippen LogP contribution in [0.25, 0.3) is 11.1 Å². The molecule has 0 spiro atoms. The third-order valence-electron chi connectivity index (χ3n) is 2.89. The fourth-order valence-corrected chi connectivity index (χ4v) is 1.77. The van der Waals surface area contributed by atoms with Crippen LogP contribution in [-0.4, -0.2) is 0 Å². The van der Waals surface area contributed by atoms with Gasteiger partial charge in [0.1, 0.15) is 0 Å². The first-order chi connectivity index (χ1) is 7.83. The Morgan fingerprint density at radius 2 is 1.18 bits per heavy atom. The Kier molecular flexibility index (Phi) is 5.20. The summed E-state index contributed by atoms with van der Waals surface area (Å²) >= 11 is 0. The normalized spacial score (nSPS) is 9.76. The van der Waals surface area contributed by atoms with Crippen molar-refractivity contribution in [3.8, 4) is 11.1 Å². The zero-order chi connectivity index (χ0) is 11.4. The average Bonchev–Trinajstić information content (AvgIpc) is 2.39. The zero-order valence-corrected chi connectivity index (χ0v) is 10.8. The van der Waals surface area contributed by atoms with Crippen LogP contribution in [0.2, 0.25) is 0 Å². The van der Waals surface area contributed by atoms with Crippen molar-refractivity contribution in [2.45, 2.75) is 19.9 Å². The zero-order valence-electron chi connectivity index (χ0n) is 10.0. The minimum atomic E-state index is 0. The van der Waals surface area contributed by atoms with Gasteiger partial charge in [0.15, 0.2) is 0 Å². The molecule has 0 saturated carbocycles. The summed E-state index contributed by atoms with van der Waals surface area (Å²) in [6.45, 7) is 2.78. The molecule has 0 heterocycles. The summed E-state index contributed by atoms with van der Waals surface area (Å²) in [5.74, 6) is 0. The van der Waals surface area contributed by atoms with Crippen LogP contribution in [0, 0.1) is 0 Å². The maximum atomic E-state index is 5.58. The smallest absolute Gasteiger partial charge is 0.0178 e. The van der Waals surface area contributed by atoms with Gasteiger partial charge in [-0.25, -0.2) is 0 Å². The number of halogens is 1. The third-order valence-corrected chi connectivity index (χ3v) is 2.89. The van der Waals surface area contributed by atoms with Crippen LogP contribution in [0.4, 0.5) is 0 Å². The molecule has 0 aromatic heterocycles. The summed E-state index contributed by atoms with van der Waals surface area (Å²) in [5.41, 5.74) is 10.6. The van der Waals surface area contributed by atoms with Crippen molar-refractivity contribution in [3.63, 3.8) is 0 Å². The van der Waals surface area contributed by atoms with E-state index in [-0.39, 0.29) is 12.4 Å². The Balaban J connectivity index is 0.00000144. The number of rotatable bonds is 3. The Labute approximate surface area is 109 Å². The highest BCUT2D eigenvalue weighted by molar-refractivity contribution is 5.85. The number of hydrogen-bond acceptors (Lipinski definition) is 1. The van der Waals surface area contributed by atoms with Crippen molar-refractivity contribution >= 4 is 12.4 Å². The monoisotopic (exact) mass is 247 g/mol. The molecule has 0 bridgehead atoms. The minimum absolute atomic E-state index is 0. The van der Waals surface area contributed by atoms with E-state index in [1.54, 1.807) is 0 Å². The van der Waals surface area contributed by atoms with Crippen LogP contribution >= 0.6 is 12.4 Å². The van der Waals surface area contributed by atoms with Gasteiger partial charge in [-0.1, -0.05) is 55.5 Å². The van der Waals surface area contributed by atoms with Crippen molar-refractivity contribution in [2.24, 2.45) is 5.73 Å². The first-order valence-electron chi connectivity index (χ1n) is 5.72. The molecule has 0 radical (unpaired) electrons. The maximum absolute atomic E-state index is 5.58. The molecule has 2 aromatic rings. The number of aryl methyl sites for hydroxylation is 1. The Morgan fingerprint density at radius 3 is 1.53 bits per heavy atom. The third kappa shape index (κ3) is 3.32. The second-order valence-electron chi connectivity index (χ2n) is 3.95. The van der Waals surface area contributed by atoms with Gasteiger partial charge in [0.2, 0.25) is 0 Å². The van der Waals surface area contributed by atoms with Gasteiger partial charge in [-0.3, -0.25) is 0 Å². The van der Waals surface area contributed by atoms with E-state index in [4.69, 9.17) is 5.73 Å². The lowest BCUT2D eigenvalue weighted by molar-refractivity contribution is 1.07. The van der Waals surface area contributed by atoms with E-state index in [0.717, 1.165) is 6.42 Å². The van der Waals surface area contributed by atoms with Crippen LogP contribution in [-0.2, 0) is 13.0 Å². The van der Waals surface area contributed by atoms with Gasteiger partial charge in [-0.05, 0) is 28.7 Å². The second-order valence-corrected chi connectivity index (χ2v) is 3.95. The standard InChI is InChI=1S/C15H17N.ClH/c1-2-12-3-7-14(8-4-12)15-9-5-13(11-16)6-10-15;/h3-10H,2,11,16H2,1H3;1H. The first-order valence-corrected chi connectivity index (χ1v) is 5.72. The molecular formula is C15H18ClN. The summed E-state index contributed by atoms with van der Waals surface area (Å²) in [5, 5.41) is 0. The predicted molar refractivity (Wildman–Crippen MR) is 76.4 cm³/mol. The molecular weight excluding hydrogens is 230 g/mol. The van der Waals surface area contributed by atoms with Gasteiger partial charge in [0.25, 0.3) is 0 Å². The molecule has 0 atom stereocenters. The predicted octanol–water partition coefficient (Wildman–Crippen LogP) is 3.80. The Bertz CT molecular complexity index is 400. The molecule has 0 aliphatic rings. The van der Waals surface area contributed by atoms with Crippen molar-refractivity contribution in [1.82, 2.24) is 0 Å². The highest BCUT2D eigenvalue weighted by Gasteiger charge is 1.97. The van der Waals surface area contributed by atoms with Crippen LogP contribution in [0.1, 0.15) is 18.1 Å². The van der Waals surface area contributed by atoms with E-state index >= 15 is 0 Å². The first kappa shape index (κ1) is 13.8. The summed E-state index contributed by atoms with van der Waals surface area (Å²) in [4.78, 5) is 0. The van der Waals surface area contributed by atoms with Crippen molar-refractivity contribution < 1.29 is 0 Å². The van der Waals surface area contributed by atoms with Crippen molar-refractivity contribution in [1.29, 1.82) is 0 Å². The number of nitrogens with two attached hydrogens (primary N) is 1. The Morgan fingerprint density at radius 1 is 0.765 bits per heavy atom. The lowest BCUT2D eigenvalue weighted by Gasteiger charge is -2.04.